The second-order valence-electron chi connectivity index (χ2n) is 8.04. The molecule has 3 aromatic carbocycles. The van der Waals surface area contributed by atoms with Gasteiger partial charge in [-0.05, 0) is 78.0 Å². The van der Waals surface area contributed by atoms with E-state index in [0.717, 1.165) is 5.56 Å². The Labute approximate surface area is 240 Å². The fourth-order valence-corrected chi connectivity index (χ4v) is 4.57. The van der Waals surface area contributed by atoms with Gasteiger partial charge in [0.2, 0.25) is 0 Å². The highest BCUT2D eigenvalue weighted by Gasteiger charge is 2.40. The molecule has 0 saturated carbocycles. The molecule has 0 aromatic heterocycles. The lowest BCUT2D eigenvalue weighted by Crippen LogP contribution is -2.35. The standard InChI is InChI=1S/C27H21Cl3N2O5S/c1-35-19-7-5-18(6-8-19)32-26(34)23(31(27(32)38)14-25(33)36-2)13-16-4-10-24(22(30)11-16)37-15-17-3-9-20(28)21(29)12-17/h3-13H,14-15H2,1-2H3/b23-13-. The molecule has 196 valence electrons. The Bertz CT molecular complexity index is 1430. The number of ether oxygens (including phenoxy) is 3. The van der Waals surface area contributed by atoms with Crippen molar-refractivity contribution >= 4 is 75.8 Å². The van der Waals surface area contributed by atoms with Gasteiger partial charge in [0, 0.05) is 0 Å². The molecular weight excluding hydrogens is 571 g/mol. The van der Waals surface area contributed by atoms with Crippen molar-refractivity contribution in [3.63, 3.8) is 0 Å². The molecule has 1 saturated heterocycles. The number of nitrogens with zero attached hydrogens (tertiary/aromatic N) is 2. The average Bonchev–Trinajstić information content (AvgIpc) is 3.13. The van der Waals surface area contributed by atoms with Crippen molar-refractivity contribution in [3.8, 4) is 11.5 Å². The minimum Gasteiger partial charge on any atom is -0.497 e. The molecule has 4 rings (SSSR count). The number of carbonyl (C=O) groups excluding carboxylic acids is 2. The first-order valence-electron chi connectivity index (χ1n) is 11.2. The van der Waals surface area contributed by atoms with E-state index in [0.29, 0.717) is 37.8 Å². The van der Waals surface area contributed by atoms with Crippen LogP contribution in [0.25, 0.3) is 6.08 Å². The van der Waals surface area contributed by atoms with E-state index >= 15 is 0 Å². The largest absolute Gasteiger partial charge is 0.497 e. The van der Waals surface area contributed by atoms with Crippen molar-refractivity contribution in [2.75, 3.05) is 25.7 Å². The lowest BCUT2D eigenvalue weighted by Gasteiger charge is -2.19. The summed E-state index contributed by atoms with van der Waals surface area (Å²) in [6, 6.07) is 17.1. The van der Waals surface area contributed by atoms with Crippen molar-refractivity contribution < 1.29 is 23.8 Å². The molecular formula is C27H21Cl3N2O5S. The van der Waals surface area contributed by atoms with Crippen molar-refractivity contribution in [2.45, 2.75) is 6.61 Å². The normalized spacial score (nSPS) is 14.3. The minimum atomic E-state index is -0.549. The molecule has 0 aliphatic carbocycles. The number of methoxy groups -OCH3 is 2. The minimum absolute atomic E-state index is 0.143. The third kappa shape index (κ3) is 6.05. The van der Waals surface area contributed by atoms with Crippen LogP contribution >= 0.6 is 47.0 Å². The molecule has 0 N–H and O–H groups in total. The van der Waals surface area contributed by atoms with Gasteiger partial charge in [-0.15, -0.1) is 0 Å². The number of anilines is 1. The highest BCUT2D eigenvalue weighted by atomic mass is 35.5. The molecule has 0 unspecified atom stereocenters. The number of halogens is 3. The van der Waals surface area contributed by atoms with E-state index in [4.69, 9.17) is 61.2 Å². The van der Waals surface area contributed by atoms with E-state index in [1.54, 1.807) is 73.8 Å². The molecule has 1 heterocycles. The molecule has 0 radical (unpaired) electrons. The highest BCUT2D eigenvalue weighted by Crippen LogP contribution is 2.32. The third-order valence-electron chi connectivity index (χ3n) is 5.62. The van der Waals surface area contributed by atoms with Crippen molar-refractivity contribution in [1.82, 2.24) is 4.90 Å². The summed E-state index contributed by atoms with van der Waals surface area (Å²) in [6.07, 6.45) is 1.61. The van der Waals surface area contributed by atoms with Gasteiger partial charge >= 0.3 is 5.97 Å². The summed E-state index contributed by atoms with van der Waals surface area (Å²) in [5.41, 5.74) is 2.15. The summed E-state index contributed by atoms with van der Waals surface area (Å²) in [5.74, 6) is 0.121. The number of hydrogen-bond donors (Lipinski definition) is 0. The smallest absolute Gasteiger partial charge is 0.325 e. The first-order chi connectivity index (χ1) is 18.2. The number of amides is 1. The summed E-state index contributed by atoms with van der Waals surface area (Å²) >= 11 is 24.1. The number of rotatable bonds is 8. The predicted molar refractivity (Wildman–Crippen MR) is 152 cm³/mol. The van der Waals surface area contributed by atoms with E-state index in [1.165, 1.54) is 16.9 Å². The topological polar surface area (TPSA) is 68.3 Å². The summed E-state index contributed by atoms with van der Waals surface area (Å²) in [6.45, 7) is -0.00826. The Morgan fingerprint density at radius 2 is 1.68 bits per heavy atom. The SMILES string of the molecule is COC(=O)CN1C(=S)N(c2ccc(OC)cc2)C(=O)/C1=C/c1ccc(OCc2ccc(Cl)c(Cl)c2)c(Cl)c1. The van der Waals surface area contributed by atoms with Gasteiger partial charge in [-0.1, -0.05) is 46.9 Å². The van der Waals surface area contributed by atoms with E-state index in [2.05, 4.69) is 0 Å². The molecule has 1 aliphatic rings. The van der Waals surface area contributed by atoms with E-state index in [-0.39, 0.29) is 24.0 Å². The maximum Gasteiger partial charge on any atom is 0.325 e. The second kappa shape index (κ2) is 12.0. The number of hydrogen-bond acceptors (Lipinski definition) is 6. The molecule has 0 bridgehead atoms. The van der Waals surface area contributed by atoms with Crippen molar-refractivity contribution in [2.24, 2.45) is 0 Å². The molecule has 1 fully saturated rings. The van der Waals surface area contributed by atoms with Gasteiger partial charge in [-0.3, -0.25) is 14.5 Å². The molecule has 38 heavy (non-hydrogen) atoms. The van der Waals surface area contributed by atoms with Crippen LogP contribution in [-0.2, 0) is 20.9 Å². The van der Waals surface area contributed by atoms with Crippen molar-refractivity contribution in [1.29, 1.82) is 0 Å². The summed E-state index contributed by atoms with van der Waals surface area (Å²) in [4.78, 5) is 28.4. The third-order valence-corrected chi connectivity index (χ3v) is 7.06. The van der Waals surface area contributed by atoms with Crippen LogP contribution in [-0.4, -0.2) is 42.7 Å². The second-order valence-corrected chi connectivity index (χ2v) is 9.63. The maximum atomic E-state index is 13.5. The zero-order chi connectivity index (χ0) is 27.4. The summed E-state index contributed by atoms with van der Waals surface area (Å²) in [7, 11) is 2.82. The lowest BCUT2D eigenvalue weighted by molar-refractivity contribution is -0.140. The van der Waals surface area contributed by atoms with Gasteiger partial charge in [-0.2, -0.15) is 0 Å². The van der Waals surface area contributed by atoms with Crippen LogP contribution in [0.2, 0.25) is 15.1 Å². The van der Waals surface area contributed by atoms with Crippen molar-refractivity contribution in [3.05, 3.63) is 92.6 Å². The van der Waals surface area contributed by atoms with Gasteiger partial charge in [0.1, 0.15) is 30.3 Å². The number of carbonyl (C=O) groups is 2. The molecule has 1 amide bonds. The Morgan fingerprint density at radius 1 is 0.947 bits per heavy atom. The van der Waals surface area contributed by atoms with Gasteiger partial charge in [0.05, 0.1) is 35.0 Å². The monoisotopic (exact) mass is 590 g/mol. The highest BCUT2D eigenvalue weighted by molar-refractivity contribution is 7.80. The quantitative estimate of drug-likeness (QED) is 0.171. The Balaban J connectivity index is 1.60. The number of esters is 1. The van der Waals surface area contributed by atoms with Crippen LogP contribution in [0.5, 0.6) is 11.5 Å². The first-order valence-corrected chi connectivity index (χ1v) is 12.7. The average molecular weight is 592 g/mol. The Kier molecular flexibility index (Phi) is 8.79. The summed E-state index contributed by atoms with van der Waals surface area (Å²) in [5, 5.41) is 1.36. The number of thiocarbonyl (C=S) groups is 1. The zero-order valence-electron chi connectivity index (χ0n) is 20.2. The van der Waals surface area contributed by atoms with Gasteiger partial charge in [0.25, 0.3) is 5.91 Å². The Hall–Kier alpha value is -3.30. The fourth-order valence-electron chi connectivity index (χ4n) is 3.66. The fraction of sp³-hybridized carbons (Fsp3) is 0.148. The molecule has 11 heteroatoms. The molecule has 1 aliphatic heterocycles. The van der Waals surface area contributed by atoms with Crippen LogP contribution < -0.4 is 14.4 Å². The van der Waals surface area contributed by atoms with Crippen LogP contribution in [0.15, 0.2) is 66.4 Å². The van der Waals surface area contributed by atoms with E-state index in [1.807, 2.05) is 0 Å². The van der Waals surface area contributed by atoms with Crippen LogP contribution in [0.1, 0.15) is 11.1 Å². The van der Waals surface area contributed by atoms with Gasteiger partial charge < -0.3 is 19.1 Å². The zero-order valence-corrected chi connectivity index (χ0v) is 23.3. The molecule has 3 aromatic rings. The predicted octanol–water partition coefficient (Wildman–Crippen LogP) is 6.38. The van der Waals surface area contributed by atoms with E-state index < -0.39 is 11.9 Å². The molecule has 0 spiro atoms. The van der Waals surface area contributed by atoms with Crippen LogP contribution in [0.3, 0.4) is 0 Å². The van der Waals surface area contributed by atoms with Crippen LogP contribution in [0, 0.1) is 0 Å². The number of benzene rings is 3. The van der Waals surface area contributed by atoms with E-state index in [9.17, 15) is 9.59 Å². The lowest BCUT2D eigenvalue weighted by atomic mass is 10.1. The molecule has 0 atom stereocenters. The first kappa shape index (κ1) is 27.7. The summed E-state index contributed by atoms with van der Waals surface area (Å²) < 4.78 is 15.8. The molecule has 7 nitrogen and oxygen atoms in total. The van der Waals surface area contributed by atoms with Gasteiger partial charge in [-0.25, -0.2) is 0 Å². The van der Waals surface area contributed by atoms with Gasteiger partial charge in [0.15, 0.2) is 5.11 Å². The van der Waals surface area contributed by atoms with Crippen LogP contribution in [0.4, 0.5) is 5.69 Å². The Morgan fingerprint density at radius 3 is 2.32 bits per heavy atom. The maximum absolute atomic E-state index is 13.5.